The number of nitrogen functional groups attached to an aromatic ring is 1. The van der Waals surface area contributed by atoms with Gasteiger partial charge in [0.1, 0.15) is 35.0 Å². The summed E-state index contributed by atoms with van der Waals surface area (Å²) in [4.78, 5) is 29.1. The van der Waals surface area contributed by atoms with Crippen LogP contribution in [0.2, 0.25) is 0 Å². The van der Waals surface area contributed by atoms with Gasteiger partial charge in [-0.15, -0.1) is 0 Å². The summed E-state index contributed by atoms with van der Waals surface area (Å²) in [6, 6.07) is 25.7. The number of nitrogens with zero attached hydrogens (tertiary/aromatic N) is 10. The van der Waals surface area contributed by atoms with Gasteiger partial charge in [-0.1, -0.05) is 12.1 Å². The lowest BCUT2D eigenvalue weighted by atomic mass is 10.0. The normalized spacial score (nSPS) is 13.7. The first kappa shape index (κ1) is 28.5. The maximum Gasteiger partial charge on any atom is 0.234 e. The Morgan fingerprint density at radius 2 is 1.70 bits per heavy atom. The number of nitriles is 2. The van der Waals surface area contributed by atoms with E-state index in [1.165, 1.54) is 5.56 Å². The maximum atomic E-state index is 9.15. The molecule has 0 bridgehead atoms. The molecule has 0 unspecified atom stereocenters. The van der Waals surface area contributed by atoms with Crippen molar-refractivity contribution >= 4 is 22.8 Å². The summed E-state index contributed by atoms with van der Waals surface area (Å²) in [6.07, 6.45) is 6.87. The van der Waals surface area contributed by atoms with Crippen molar-refractivity contribution in [3.8, 4) is 40.5 Å². The zero-order valence-electron chi connectivity index (χ0n) is 24.7. The van der Waals surface area contributed by atoms with E-state index in [0.717, 1.165) is 54.9 Å². The molecule has 6 heterocycles. The Morgan fingerprint density at radius 1 is 0.848 bits per heavy atom. The molecule has 1 fully saturated rings. The molecule has 1 aromatic carbocycles. The molecule has 7 rings (SSSR count). The zero-order chi connectivity index (χ0) is 31.5. The molecule has 1 aliphatic rings. The van der Waals surface area contributed by atoms with Crippen LogP contribution in [0.4, 0.5) is 11.6 Å². The molecule has 0 spiro atoms. The molecule has 0 radical (unpaired) electrons. The summed E-state index contributed by atoms with van der Waals surface area (Å²) in [6.45, 7) is 2.73. The van der Waals surface area contributed by atoms with E-state index >= 15 is 0 Å². The Kier molecular flexibility index (Phi) is 7.69. The Bertz CT molecular complexity index is 2100. The van der Waals surface area contributed by atoms with Gasteiger partial charge in [0.2, 0.25) is 5.82 Å². The SMILES string of the molecule is N#Cc1ccc(-c2ccc3nc(-c4cccnc4N)n(-c4ccc(CN5CCC(Nc6ccnc(C#N)n6)CC5)cc4)c3n2)cn1. The third kappa shape index (κ3) is 5.80. The van der Waals surface area contributed by atoms with E-state index < -0.39 is 0 Å². The molecule has 1 saturated heterocycles. The van der Waals surface area contributed by atoms with Crippen LogP contribution in [0.25, 0.3) is 39.5 Å². The molecule has 12 nitrogen and oxygen atoms in total. The van der Waals surface area contributed by atoms with Crippen molar-refractivity contribution in [3.63, 3.8) is 0 Å². The number of aromatic nitrogens is 7. The number of benzene rings is 1. The number of hydrogen-bond donors (Lipinski definition) is 2. The van der Waals surface area contributed by atoms with Crippen LogP contribution in [-0.4, -0.2) is 58.5 Å². The number of rotatable bonds is 7. The second-order valence-electron chi connectivity index (χ2n) is 11.0. The van der Waals surface area contributed by atoms with Gasteiger partial charge < -0.3 is 11.1 Å². The van der Waals surface area contributed by atoms with E-state index in [9.17, 15) is 0 Å². The minimum Gasteiger partial charge on any atom is -0.383 e. The standard InChI is InChI=1S/C34H28N12/c35-18-25-6-5-23(20-40-25)28-9-10-29-34(42-28)46(33(43-29)27-2-1-14-39-32(27)37)26-7-3-22(4-8-26)21-45-16-12-24(13-17-45)41-30-11-15-38-31(19-36)44-30/h1-11,14-15,20,24H,12-13,16-17,21H2,(H2,37,39)(H,38,41,44). The summed E-state index contributed by atoms with van der Waals surface area (Å²) in [5.74, 6) is 1.90. The van der Waals surface area contributed by atoms with E-state index in [1.54, 1.807) is 30.7 Å². The lowest BCUT2D eigenvalue weighted by molar-refractivity contribution is 0.211. The fourth-order valence-corrected chi connectivity index (χ4v) is 5.71. The van der Waals surface area contributed by atoms with Gasteiger partial charge in [-0.05, 0) is 73.0 Å². The summed E-state index contributed by atoms with van der Waals surface area (Å²) in [5, 5.41) is 21.7. The molecule has 5 aromatic heterocycles. The maximum absolute atomic E-state index is 9.15. The van der Waals surface area contributed by atoms with Crippen molar-refractivity contribution in [1.29, 1.82) is 10.5 Å². The average Bonchev–Trinajstić information content (AvgIpc) is 3.48. The first-order valence-corrected chi connectivity index (χ1v) is 14.9. The van der Waals surface area contributed by atoms with Crippen LogP contribution in [0.15, 0.2) is 85.3 Å². The van der Waals surface area contributed by atoms with Crippen molar-refractivity contribution in [2.24, 2.45) is 0 Å². The predicted molar refractivity (Wildman–Crippen MR) is 173 cm³/mol. The molecule has 0 aliphatic carbocycles. The molecule has 0 saturated carbocycles. The highest BCUT2D eigenvalue weighted by Gasteiger charge is 2.21. The smallest absolute Gasteiger partial charge is 0.234 e. The molecule has 46 heavy (non-hydrogen) atoms. The lowest BCUT2D eigenvalue weighted by Gasteiger charge is -2.32. The van der Waals surface area contributed by atoms with Crippen molar-refractivity contribution in [3.05, 3.63) is 102 Å². The van der Waals surface area contributed by atoms with E-state index in [1.807, 2.05) is 41.0 Å². The van der Waals surface area contributed by atoms with Gasteiger partial charge in [-0.2, -0.15) is 10.5 Å². The lowest BCUT2D eigenvalue weighted by Crippen LogP contribution is -2.38. The molecular formula is C34H28N12. The number of hydrogen-bond acceptors (Lipinski definition) is 11. The average molecular weight is 605 g/mol. The van der Waals surface area contributed by atoms with E-state index in [2.05, 4.69) is 60.5 Å². The predicted octanol–water partition coefficient (Wildman–Crippen LogP) is 4.74. The number of pyridine rings is 3. The quantitative estimate of drug-likeness (QED) is 0.258. The second-order valence-corrected chi connectivity index (χ2v) is 11.0. The summed E-state index contributed by atoms with van der Waals surface area (Å²) >= 11 is 0. The van der Waals surface area contributed by atoms with Crippen molar-refractivity contribution in [2.75, 3.05) is 24.1 Å². The van der Waals surface area contributed by atoms with Crippen LogP contribution < -0.4 is 11.1 Å². The van der Waals surface area contributed by atoms with Gasteiger partial charge >= 0.3 is 0 Å². The highest BCUT2D eigenvalue weighted by Crippen LogP contribution is 2.32. The van der Waals surface area contributed by atoms with Gasteiger partial charge in [-0.25, -0.2) is 29.9 Å². The van der Waals surface area contributed by atoms with Crippen molar-refractivity contribution in [1.82, 2.24) is 39.4 Å². The van der Waals surface area contributed by atoms with Gasteiger partial charge in [0.25, 0.3) is 0 Å². The first-order valence-electron chi connectivity index (χ1n) is 14.9. The monoisotopic (exact) mass is 604 g/mol. The Labute approximate surface area is 264 Å². The minimum absolute atomic E-state index is 0.172. The number of anilines is 2. The number of likely N-dealkylation sites (tertiary alicyclic amines) is 1. The van der Waals surface area contributed by atoms with E-state index in [-0.39, 0.29) is 5.82 Å². The Balaban J connectivity index is 1.13. The van der Waals surface area contributed by atoms with Gasteiger partial charge in [0.15, 0.2) is 11.5 Å². The molecule has 0 amide bonds. The van der Waals surface area contributed by atoms with Gasteiger partial charge in [0.05, 0.1) is 11.3 Å². The summed E-state index contributed by atoms with van der Waals surface area (Å²) < 4.78 is 2.01. The number of imidazole rings is 1. The molecule has 12 heteroatoms. The molecule has 6 aromatic rings. The van der Waals surface area contributed by atoms with E-state index in [0.29, 0.717) is 40.4 Å². The Hall–Kier alpha value is -6.24. The first-order chi connectivity index (χ1) is 22.6. The van der Waals surface area contributed by atoms with Crippen LogP contribution in [0.5, 0.6) is 0 Å². The van der Waals surface area contributed by atoms with Crippen LogP contribution in [0.1, 0.15) is 29.9 Å². The minimum atomic E-state index is 0.172. The third-order valence-corrected chi connectivity index (χ3v) is 8.05. The molecule has 224 valence electrons. The van der Waals surface area contributed by atoms with Crippen molar-refractivity contribution < 1.29 is 0 Å². The Morgan fingerprint density at radius 3 is 2.43 bits per heavy atom. The fourth-order valence-electron chi connectivity index (χ4n) is 5.71. The van der Waals surface area contributed by atoms with E-state index in [4.69, 9.17) is 26.2 Å². The summed E-state index contributed by atoms with van der Waals surface area (Å²) in [5.41, 5.74) is 12.4. The molecule has 0 atom stereocenters. The summed E-state index contributed by atoms with van der Waals surface area (Å²) in [7, 11) is 0. The molecule has 1 aliphatic heterocycles. The van der Waals surface area contributed by atoms with Crippen LogP contribution >= 0.6 is 0 Å². The second kappa shape index (κ2) is 12.4. The largest absolute Gasteiger partial charge is 0.383 e. The van der Waals surface area contributed by atoms with Gasteiger partial charge in [-0.3, -0.25) is 9.47 Å². The zero-order valence-corrected chi connectivity index (χ0v) is 24.7. The highest BCUT2D eigenvalue weighted by atomic mass is 15.2. The van der Waals surface area contributed by atoms with Crippen LogP contribution in [-0.2, 0) is 6.54 Å². The fraction of sp³-hybridized carbons (Fsp3) is 0.176. The van der Waals surface area contributed by atoms with Crippen LogP contribution in [0, 0.1) is 22.7 Å². The number of nitrogens with two attached hydrogens (primary N) is 1. The van der Waals surface area contributed by atoms with Crippen LogP contribution in [0.3, 0.4) is 0 Å². The number of fused-ring (bicyclic) bond motifs is 1. The third-order valence-electron chi connectivity index (χ3n) is 8.05. The van der Waals surface area contributed by atoms with Gasteiger partial charge in [0, 0.05) is 55.5 Å². The highest BCUT2D eigenvalue weighted by molar-refractivity contribution is 5.84. The molecular weight excluding hydrogens is 576 g/mol. The molecule has 3 N–H and O–H groups in total. The van der Waals surface area contributed by atoms with Crippen molar-refractivity contribution in [2.45, 2.75) is 25.4 Å². The number of piperidine rings is 1. The number of nitrogens with one attached hydrogen (secondary N) is 1. The topological polar surface area (TPSA) is 171 Å².